The molecule has 2 aromatic carbocycles. The highest BCUT2D eigenvalue weighted by Gasteiger charge is 2.13. The molecule has 0 aliphatic rings. The number of carbonyl (C=O) groups is 1. The van der Waals surface area contributed by atoms with Gasteiger partial charge >= 0.3 is 0 Å². The van der Waals surface area contributed by atoms with E-state index in [2.05, 4.69) is 21.3 Å². The molecule has 3 aromatic rings. The van der Waals surface area contributed by atoms with Crippen molar-refractivity contribution in [2.75, 3.05) is 23.3 Å². The zero-order chi connectivity index (χ0) is 19.9. The van der Waals surface area contributed by atoms with Crippen LogP contribution >= 0.6 is 0 Å². The summed E-state index contributed by atoms with van der Waals surface area (Å²) in [4.78, 5) is 19.2. The number of hydrogen-bond acceptors (Lipinski definition) is 4. The number of anilines is 2. The van der Waals surface area contributed by atoms with Crippen LogP contribution in [0.4, 0.5) is 11.5 Å². The molecule has 28 heavy (non-hydrogen) atoms. The van der Waals surface area contributed by atoms with Crippen LogP contribution in [-0.2, 0) is 0 Å². The number of nitrogens with one attached hydrogen (secondary N) is 1. The Morgan fingerprint density at radius 2 is 1.79 bits per heavy atom. The Balaban J connectivity index is 1.90. The summed E-state index contributed by atoms with van der Waals surface area (Å²) in [5, 5.41) is 12.3. The van der Waals surface area contributed by atoms with Gasteiger partial charge in [-0.3, -0.25) is 4.79 Å². The van der Waals surface area contributed by atoms with Gasteiger partial charge in [-0.25, -0.2) is 4.98 Å². The lowest BCUT2D eigenvalue weighted by molar-refractivity contribution is 0.102. The quantitative estimate of drug-likeness (QED) is 0.682. The van der Waals surface area contributed by atoms with Crippen LogP contribution in [0.25, 0.3) is 11.1 Å². The van der Waals surface area contributed by atoms with Crippen molar-refractivity contribution >= 4 is 17.4 Å². The van der Waals surface area contributed by atoms with Crippen LogP contribution in [0.15, 0.2) is 66.9 Å². The van der Waals surface area contributed by atoms with Gasteiger partial charge in [0, 0.05) is 24.8 Å². The summed E-state index contributed by atoms with van der Waals surface area (Å²) in [5.74, 6) is 0.494. The maximum Gasteiger partial charge on any atom is 0.255 e. The lowest BCUT2D eigenvalue weighted by Crippen LogP contribution is -2.23. The number of aromatic nitrogens is 1. The molecular weight excluding hydrogens is 348 g/mol. The van der Waals surface area contributed by atoms with E-state index in [9.17, 15) is 10.1 Å². The molecule has 0 saturated heterocycles. The van der Waals surface area contributed by atoms with Crippen molar-refractivity contribution in [1.29, 1.82) is 5.26 Å². The van der Waals surface area contributed by atoms with E-state index in [-0.39, 0.29) is 5.91 Å². The number of nitriles is 1. The minimum Gasteiger partial charge on any atom is -0.357 e. The molecule has 5 heteroatoms. The summed E-state index contributed by atoms with van der Waals surface area (Å²) in [6.07, 6.45) is 1.63. The molecule has 1 heterocycles. The third kappa shape index (κ3) is 4.18. The van der Waals surface area contributed by atoms with Crippen LogP contribution in [0.5, 0.6) is 0 Å². The molecule has 0 radical (unpaired) electrons. The lowest BCUT2D eigenvalue weighted by Gasteiger charge is -2.20. The van der Waals surface area contributed by atoms with Gasteiger partial charge in [0.2, 0.25) is 0 Å². The molecule has 5 nitrogen and oxygen atoms in total. The van der Waals surface area contributed by atoms with E-state index in [0.717, 1.165) is 30.0 Å². The Bertz CT molecular complexity index is 1000. The van der Waals surface area contributed by atoms with Crippen LogP contribution < -0.4 is 10.2 Å². The molecule has 0 aliphatic heterocycles. The van der Waals surface area contributed by atoms with Gasteiger partial charge in [-0.2, -0.15) is 5.26 Å². The molecule has 0 aliphatic carbocycles. The second kappa shape index (κ2) is 8.83. The van der Waals surface area contributed by atoms with Crippen molar-refractivity contribution in [3.8, 4) is 17.2 Å². The molecule has 0 unspecified atom stereocenters. The van der Waals surface area contributed by atoms with E-state index in [1.165, 1.54) is 0 Å². The normalized spacial score (nSPS) is 10.2. The number of rotatable bonds is 6. The summed E-state index contributed by atoms with van der Waals surface area (Å²) in [6.45, 7) is 5.72. The van der Waals surface area contributed by atoms with Gasteiger partial charge in [-0.05, 0) is 49.2 Å². The molecule has 1 N–H and O–H groups in total. The predicted molar refractivity (Wildman–Crippen MR) is 112 cm³/mol. The molecule has 3 rings (SSSR count). The lowest BCUT2D eigenvalue weighted by atomic mass is 10.0. The Hall–Kier alpha value is -3.65. The van der Waals surface area contributed by atoms with E-state index in [4.69, 9.17) is 0 Å². The first-order chi connectivity index (χ1) is 13.7. The highest BCUT2D eigenvalue weighted by molar-refractivity contribution is 6.05. The zero-order valence-corrected chi connectivity index (χ0v) is 16.0. The third-order valence-corrected chi connectivity index (χ3v) is 4.59. The summed E-state index contributed by atoms with van der Waals surface area (Å²) in [7, 11) is 0. The standard InChI is InChI=1S/C23H22N4O/c1-3-27(4-2)22-15-19(12-13-25-22)23(28)26-21-14-18(10-11-20(21)16-24)17-8-6-5-7-9-17/h5-15H,3-4H2,1-2H3,(H,26,28). The van der Waals surface area contributed by atoms with Crippen LogP contribution in [0.3, 0.4) is 0 Å². The van der Waals surface area contributed by atoms with Crippen molar-refractivity contribution < 1.29 is 4.79 Å². The van der Waals surface area contributed by atoms with Crippen LogP contribution in [-0.4, -0.2) is 24.0 Å². The van der Waals surface area contributed by atoms with Crippen molar-refractivity contribution in [2.24, 2.45) is 0 Å². The van der Waals surface area contributed by atoms with E-state index in [0.29, 0.717) is 16.8 Å². The van der Waals surface area contributed by atoms with Crippen LogP contribution in [0, 0.1) is 11.3 Å². The summed E-state index contributed by atoms with van der Waals surface area (Å²) in [6, 6.07) is 20.9. The van der Waals surface area contributed by atoms with Gasteiger partial charge in [0.25, 0.3) is 5.91 Å². The Morgan fingerprint density at radius 3 is 2.46 bits per heavy atom. The highest BCUT2D eigenvalue weighted by atomic mass is 16.1. The molecule has 1 amide bonds. The van der Waals surface area contributed by atoms with E-state index in [1.54, 1.807) is 24.4 Å². The number of pyridine rings is 1. The largest absolute Gasteiger partial charge is 0.357 e. The topological polar surface area (TPSA) is 69.0 Å². The van der Waals surface area contributed by atoms with Crippen molar-refractivity contribution in [3.05, 3.63) is 78.0 Å². The summed E-state index contributed by atoms with van der Waals surface area (Å²) < 4.78 is 0. The number of carbonyl (C=O) groups excluding carboxylic acids is 1. The minimum absolute atomic E-state index is 0.266. The SMILES string of the molecule is CCN(CC)c1cc(C(=O)Nc2cc(-c3ccccc3)ccc2C#N)ccn1. The zero-order valence-electron chi connectivity index (χ0n) is 16.0. The Labute approximate surface area is 165 Å². The fourth-order valence-electron chi connectivity index (χ4n) is 3.03. The van der Waals surface area contributed by atoms with Gasteiger partial charge in [-0.15, -0.1) is 0 Å². The van der Waals surface area contributed by atoms with E-state index >= 15 is 0 Å². The van der Waals surface area contributed by atoms with Gasteiger partial charge in [0.05, 0.1) is 11.3 Å². The van der Waals surface area contributed by atoms with Gasteiger partial charge in [0.15, 0.2) is 0 Å². The molecule has 1 aromatic heterocycles. The fraction of sp³-hybridized carbons (Fsp3) is 0.174. The first kappa shape index (κ1) is 19.1. The smallest absolute Gasteiger partial charge is 0.255 e. The fourth-order valence-corrected chi connectivity index (χ4v) is 3.03. The summed E-state index contributed by atoms with van der Waals surface area (Å²) in [5.41, 5.74) is 3.38. The molecule has 0 fully saturated rings. The van der Waals surface area contributed by atoms with E-state index in [1.807, 2.05) is 56.3 Å². The number of benzene rings is 2. The molecular formula is C23H22N4O. The second-order valence-electron chi connectivity index (χ2n) is 6.27. The van der Waals surface area contributed by atoms with E-state index < -0.39 is 0 Å². The number of hydrogen-bond donors (Lipinski definition) is 1. The molecule has 0 bridgehead atoms. The average molecular weight is 370 g/mol. The van der Waals surface area contributed by atoms with Crippen molar-refractivity contribution in [1.82, 2.24) is 4.98 Å². The van der Waals surface area contributed by atoms with Gasteiger partial charge in [-0.1, -0.05) is 36.4 Å². The van der Waals surface area contributed by atoms with Crippen molar-refractivity contribution in [2.45, 2.75) is 13.8 Å². The highest BCUT2D eigenvalue weighted by Crippen LogP contribution is 2.26. The second-order valence-corrected chi connectivity index (χ2v) is 6.27. The number of nitrogens with zero attached hydrogens (tertiary/aromatic N) is 3. The third-order valence-electron chi connectivity index (χ3n) is 4.59. The maximum atomic E-state index is 12.8. The van der Waals surface area contributed by atoms with Crippen LogP contribution in [0.2, 0.25) is 0 Å². The number of amides is 1. The average Bonchev–Trinajstić information content (AvgIpc) is 2.75. The predicted octanol–water partition coefficient (Wildman–Crippen LogP) is 4.72. The molecule has 0 saturated carbocycles. The maximum absolute atomic E-state index is 12.8. The first-order valence-electron chi connectivity index (χ1n) is 9.28. The first-order valence-corrected chi connectivity index (χ1v) is 9.28. The van der Waals surface area contributed by atoms with Gasteiger partial charge in [0.1, 0.15) is 11.9 Å². The summed E-state index contributed by atoms with van der Waals surface area (Å²) >= 11 is 0. The minimum atomic E-state index is -0.266. The van der Waals surface area contributed by atoms with Crippen LogP contribution in [0.1, 0.15) is 29.8 Å². The molecule has 140 valence electrons. The molecule has 0 spiro atoms. The Morgan fingerprint density at radius 1 is 1.04 bits per heavy atom. The van der Waals surface area contributed by atoms with Crippen molar-refractivity contribution in [3.63, 3.8) is 0 Å². The Kier molecular flexibility index (Phi) is 6.03. The van der Waals surface area contributed by atoms with Gasteiger partial charge < -0.3 is 10.2 Å². The monoisotopic (exact) mass is 370 g/mol. The molecule has 0 atom stereocenters.